The lowest BCUT2D eigenvalue weighted by atomic mass is 10.0. The third-order valence-electron chi connectivity index (χ3n) is 4.62. The van der Waals surface area contributed by atoms with Crippen LogP contribution in [-0.4, -0.2) is 49.7 Å². The van der Waals surface area contributed by atoms with E-state index in [1.165, 1.54) is 5.69 Å². The molecule has 130 valence electrons. The molecule has 1 fully saturated rings. The van der Waals surface area contributed by atoms with E-state index in [-0.39, 0.29) is 6.04 Å². The van der Waals surface area contributed by atoms with Crippen LogP contribution in [0.2, 0.25) is 0 Å². The summed E-state index contributed by atoms with van der Waals surface area (Å²) in [6, 6.07) is 9.67. The van der Waals surface area contributed by atoms with E-state index < -0.39 is 0 Å². The highest BCUT2D eigenvalue weighted by Crippen LogP contribution is 2.20. The van der Waals surface area contributed by atoms with Crippen molar-refractivity contribution in [2.24, 2.45) is 11.7 Å². The number of rotatable bonds is 7. The standard InChI is InChI=1S/C19H34N4/c1-15(2)13-17(20)14-21-18-5-7-19(8-6-18)23-11-9-22(10-12-23)16(3)4/h5-8,15-17,21H,9-14,20H2,1-4H3. The van der Waals surface area contributed by atoms with Crippen LogP contribution < -0.4 is 16.0 Å². The van der Waals surface area contributed by atoms with Gasteiger partial charge in [-0.15, -0.1) is 0 Å². The summed E-state index contributed by atoms with van der Waals surface area (Å²) in [4.78, 5) is 5.02. The Kier molecular flexibility index (Phi) is 6.72. The second-order valence-electron chi connectivity index (χ2n) is 7.43. The quantitative estimate of drug-likeness (QED) is 0.811. The van der Waals surface area contributed by atoms with Crippen molar-refractivity contribution in [3.05, 3.63) is 24.3 Å². The van der Waals surface area contributed by atoms with E-state index in [0.717, 1.165) is 44.8 Å². The minimum atomic E-state index is 0.221. The first-order valence-corrected chi connectivity index (χ1v) is 9.04. The van der Waals surface area contributed by atoms with Crippen LogP contribution in [0.5, 0.6) is 0 Å². The molecule has 0 amide bonds. The topological polar surface area (TPSA) is 44.5 Å². The molecular formula is C19H34N4. The van der Waals surface area contributed by atoms with Crippen molar-refractivity contribution in [1.82, 2.24) is 4.90 Å². The predicted molar refractivity (Wildman–Crippen MR) is 101 cm³/mol. The fourth-order valence-corrected chi connectivity index (χ4v) is 3.22. The predicted octanol–water partition coefficient (Wildman–Crippen LogP) is 3.00. The maximum absolute atomic E-state index is 6.13. The van der Waals surface area contributed by atoms with Gasteiger partial charge in [0.1, 0.15) is 0 Å². The summed E-state index contributed by atoms with van der Waals surface area (Å²) < 4.78 is 0. The Morgan fingerprint density at radius 2 is 1.61 bits per heavy atom. The zero-order chi connectivity index (χ0) is 16.8. The highest BCUT2D eigenvalue weighted by Gasteiger charge is 2.18. The number of nitrogens with zero attached hydrogens (tertiary/aromatic N) is 2. The number of benzene rings is 1. The van der Waals surface area contributed by atoms with E-state index in [1.807, 2.05) is 0 Å². The van der Waals surface area contributed by atoms with Gasteiger partial charge in [-0.25, -0.2) is 0 Å². The Morgan fingerprint density at radius 3 is 2.13 bits per heavy atom. The van der Waals surface area contributed by atoms with Gasteiger partial charge in [-0.3, -0.25) is 4.90 Å². The van der Waals surface area contributed by atoms with E-state index in [2.05, 4.69) is 67.1 Å². The van der Waals surface area contributed by atoms with Crippen LogP contribution >= 0.6 is 0 Å². The van der Waals surface area contributed by atoms with Crippen LogP contribution in [0.1, 0.15) is 34.1 Å². The van der Waals surface area contributed by atoms with Crippen molar-refractivity contribution >= 4 is 11.4 Å². The minimum absolute atomic E-state index is 0.221. The van der Waals surface area contributed by atoms with Crippen LogP contribution in [0, 0.1) is 5.92 Å². The molecule has 23 heavy (non-hydrogen) atoms. The SMILES string of the molecule is CC(C)CC(N)CNc1ccc(N2CCN(C(C)C)CC2)cc1. The molecule has 0 bridgehead atoms. The van der Waals surface area contributed by atoms with E-state index in [1.54, 1.807) is 0 Å². The Labute approximate surface area is 142 Å². The zero-order valence-electron chi connectivity index (χ0n) is 15.3. The van der Waals surface area contributed by atoms with Crippen LogP contribution in [0.25, 0.3) is 0 Å². The highest BCUT2D eigenvalue weighted by atomic mass is 15.3. The summed E-state index contributed by atoms with van der Waals surface area (Å²) in [5, 5.41) is 3.45. The number of piperazine rings is 1. The molecule has 1 saturated heterocycles. The molecule has 1 aromatic carbocycles. The van der Waals surface area contributed by atoms with Gasteiger partial charge in [0, 0.05) is 56.2 Å². The van der Waals surface area contributed by atoms with Crippen LogP contribution in [-0.2, 0) is 0 Å². The highest BCUT2D eigenvalue weighted by molar-refractivity contribution is 5.55. The third-order valence-corrected chi connectivity index (χ3v) is 4.62. The van der Waals surface area contributed by atoms with E-state index in [0.29, 0.717) is 12.0 Å². The lowest BCUT2D eigenvalue weighted by Crippen LogP contribution is -2.48. The molecule has 0 aliphatic carbocycles. The molecular weight excluding hydrogens is 284 g/mol. The number of nitrogens with one attached hydrogen (secondary N) is 1. The average molecular weight is 319 g/mol. The van der Waals surface area contributed by atoms with Crippen molar-refractivity contribution in [3.63, 3.8) is 0 Å². The molecule has 1 aromatic rings. The van der Waals surface area contributed by atoms with Gasteiger partial charge >= 0.3 is 0 Å². The first kappa shape index (κ1) is 18.1. The monoisotopic (exact) mass is 318 g/mol. The second-order valence-corrected chi connectivity index (χ2v) is 7.43. The number of nitrogens with two attached hydrogens (primary N) is 1. The van der Waals surface area contributed by atoms with Gasteiger partial charge in [0.25, 0.3) is 0 Å². The molecule has 0 radical (unpaired) electrons. The summed E-state index contributed by atoms with van der Waals surface area (Å²) in [5.41, 5.74) is 8.62. The van der Waals surface area contributed by atoms with Gasteiger partial charge in [-0.1, -0.05) is 13.8 Å². The summed E-state index contributed by atoms with van der Waals surface area (Å²) >= 11 is 0. The molecule has 0 saturated carbocycles. The van der Waals surface area contributed by atoms with Crippen LogP contribution in [0.3, 0.4) is 0 Å². The van der Waals surface area contributed by atoms with Crippen LogP contribution in [0.4, 0.5) is 11.4 Å². The largest absolute Gasteiger partial charge is 0.383 e. The molecule has 0 aromatic heterocycles. The molecule has 0 spiro atoms. The summed E-state index contributed by atoms with van der Waals surface area (Å²) in [6.45, 7) is 14.4. The molecule has 1 unspecified atom stereocenters. The molecule has 1 atom stereocenters. The van der Waals surface area contributed by atoms with E-state index in [4.69, 9.17) is 5.73 Å². The summed E-state index contributed by atoms with van der Waals surface area (Å²) in [7, 11) is 0. The van der Waals surface area contributed by atoms with Crippen molar-refractivity contribution < 1.29 is 0 Å². The van der Waals surface area contributed by atoms with Gasteiger partial charge < -0.3 is 16.0 Å². The van der Waals surface area contributed by atoms with Crippen molar-refractivity contribution in [1.29, 1.82) is 0 Å². The molecule has 1 aliphatic heterocycles. The van der Waals surface area contributed by atoms with Gasteiger partial charge in [0.15, 0.2) is 0 Å². The van der Waals surface area contributed by atoms with Crippen molar-refractivity contribution in [3.8, 4) is 0 Å². The number of hydrogen-bond donors (Lipinski definition) is 2. The van der Waals surface area contributed by atoms with Crippen molar-refractivity contribution in [2.75, 3.05) is 42.9 Å². The normalized spacial score (nSPS) is 17.8. The Bertz CT molecular complexity index is 447. The summed E-state index contributed by atoms with van der Waals surface area (Å²) in [6.07, 6.45) is 1.06. The lowest BCUT2D eigenvalue weighted by molar-refractivity contribution is 0.209. The lowest BCUT2D eigenvalue weighted by Gasteiger charge is -2.38. The molecule has 3 N–H and O–H groups in total. The minimum Gasteiger partial charge on any atom is -0.383 e. The first-order valence-electron chi connectivity index (χ1n) is 9.04. The number of hydrogen-bond acceptors (Lipinski definition) is 4. The Hall–Kier alpha value is -1.26. The fourth-order valence-electron chi connectivity index (χ4n) is 3.22. The van der Waals surface area contributed by atoms with Gasteiger partial charge in [0.2, 0.25) is 0 Å². The van der Waals surface area contributed by atoms with Gasteiger partial charge in [-0.2, -0.15) is 0 Å². The Balaban J connectivity index is 1.81. The zero-order valence-corrected chi connectivity index (χ0v) is 15.3. The molecule has 1 heterocycles. The molecule has 4 nitrogen and oxygen atoms in total. The summed E-state index contributed by atoms with van der Waals surface area (Å²) in [5.74, 6) is 0.652. The van der Waals surface area contributed by atoms with E-state index >= 15 is 0 Å². The second kappa shape index (κ2) is 8.55. The maximum atomic E-state index is 6.13. The average Bonchev–Trinajstić information content (AvgIpc) is 2.53. The van der Waals surface area contributed by atoms with Crippen LogP contribution in [0.15, 0.2) is 24.3 Å². The van der Waals surface area contributed by atoms with Crippen molar-refractivity contribution in [2.45, 2.75) is 46.2 Å². The first-order chi connectivity index (χ1) is 11.0. The van der Waals surface area contributed by atoms with Gasteiger partial charge in [-0.05, 0) is 50.5 Å². The van der Waals surface area contributed by atoms with Gasteiger partial charge in [0.05, 0.1) is 0 Å². The maximum Gasteiger partial charge on any atom is 0.0368 e. The third kappa shape index (κ3) is 5.70. The molecule has 1 aliphatic rings. The molecule has 4 heteroatoms. The smallest absolute Gasteiger partial charge is 0.0368 e. The fraction of sp³-hybridized carbons (Fsp3) is 0.684. The molecule has 2 rings (SSSR count). The van der Waals surface area contributed by atoms with E-state index in [9.17, 15) is 0 Å². The number of anilines is 2. The Morgan fingerprint density at radius 1 is 1.00 bits per heavy atom.